The number of aromatic amines is 1. The predicted octanol–water partition coefficient (Wildman–Crippen LogP) is 3.87. The zero-order valence-corrected chi connectivity index (χ0v) is 16.1. The number of fused-ring (bicyclic) bond motifs is 1. The van der Waals surface area contributed by atoms with E-state index >= 15 is 0 Å². The minimum Gasteiger partial charge on any atom is -0.369 e. The van der Waals surface area contributed by atoms with Crippen LogP contribution in [0.3, 0.4) is 0 Å². The van der Waals surface area contributed by atoms with Crippen LogP contribution in [-0.2, 0) is 0 Å². The summed E-state index contributed by atoms with van der Waals surface area (Å²) in [5.41, 5.74) is 11.6. The molecular weight excluding hydrogens is 397 g/mol. The number of nitrogen functional groups attached to an aromatic ring is 1. The fraction of sp³-hybridized carbons (Fsp3) is 0.176. The fourth-order valence-electron chi connectivity index (χ4n) is 2.14. The van der Waals surface area contributed by atoms with Crippen molar-refractivity contribution in [3.63, 3.8) is 0 Å². The van der Waals surface area contributed by atoms with Crippen molar-refractivity contribution in [3.8, 4) is 0 Å². The van der Waals surface area contributed by atoms with Crippen molar-refractivity contribution in [2.45, 2.75) is 13.8 Å². The first-order valence-corrected chi connectivity index (χ1v) is 8.43. The molecule has 11 heteroatoms. The molecule has 0 fully saturated rings. The quantitative estimate of drug-likeness (QED) is 0.246. The summed E-state index contributed by atoms with van der Waals surface area (Å²) in [6, 6.07) is 4.37. The van der Waals surface area contributed by atoms with Gasteiger partial charge in [-0.15, -0.1) is 0 Å². The Kier molecular flexibility index (Phi) is 8.71. The summed E-state index contributed by atoms with van der Waals surface area (Å²) in [5, 5.41) is 9.14. The number of rotatable bonds is 2. The number of nitrogens with two attached hydrogens (primary N) is 2. The summed E-state index contributed by atoms with van der Waals surface area (Å²) in [6.45, 7) is 4.00. The monoisotopic (exact) mass is 416 g/mol. The van der Waals surface area contributed by atoms with Crippen LogP contribution in [0, 0.1) is 17.5 Å². The maximum Gasteiger partial charge on any atom is 0.198 e. The highest BCUT2D eigenvalue weighted by Crippen LogP contribution is 2.26. The number of imidazole rings is 1. The molecule has 0 spiro atoms. The molecule has 0 atom stereocenters. The third-order valence-corrected chi connectivity index (χ3v) is 3.47. The second-order valence-electron chi connectivity index (χ2n) is 4.74. The number of hydrogen-bond donors (Lipinski definition) is 5. The standard InChI is InChI=1S/C14H9ClF3N5O.C2H6.CH5N/c15-7-3-5(1-2-8(7)16)20-13(23-24)6-4-9(17)10(18)12-11(6)21-14(19)22-12;2*1-2/h1-4,24H,(H,20,23)(H3,19,21,22);1-2H3;2H2,1H3. The summed E-state index contributed by atoms with van der Waals surface area (Å²) >= 11 is 5.66. The molecule has 0 radical (unpaired) electrons. The Labute approximate surface area is 164 Å². The van der Waals surface area contributed by atoms with E-state index < -0.39 is 17.5 Å². The van der Waals surface area contributed by atoms with Crippen molar-refractivity contribution in [1.82, 2.24) is 15.4 Å². The number of aliphatic imine (C=N–C) groups is 1. The fourth-order valence-corrected chi connectivity index (χ4v) is 2.31. The van der Waals surface area contributed by atoms with E-state index in [0.29, 0.717) is 0 Å². The van der Waals surface area contributed by atoms with Gasteiger partial charge in [0.2, 0.25) is 0 Å². The zero-order chi connectivity index (χ0) is 21.4. The number of nitrogens with zero attached hydrogens (tertiary/aromatic N) is 2. The molecule has 28 heavy (non-hydrogen) atoms. The average Bonchev–Trinajstić information content (AvgIpc) is 3.11. The SMILES string of the molecule is CC.CN.Nc1nc2c(F)c(F)cc(C(=Nc3ccc(F)c(Cl)c3)NO)c2[nH]1. The zero-order valence-electron chi connectivity index (χ0n) is 15.3. The van der Waals surface area contributed by atoms with Crippen LogP contribution >= 0.6 is 11.6 Å². The van der Waals surface area contributed by atoms with Gasteiger partial charge < -0.3 is 16.5 Å². The molecule has 0 aliphatic carbocycles. The Morgan fingerprint density at radius 2 is 1.82 bits per heavy atom. The number of hydrogen-bond acceptors (Lipinski definition) is 5. The molecule has 0 bridgehead atoms. The number of nitrogens with one attached hydrogen (secondary N) is 2. The lowest BCUT2D eigenvalue weighted by molar-refractivity contribution is 0.235. The molecule has 1 heterocycles. The molecule has 0 aliphatic heterocycles. The minimum atomic E-state index is -1.20. The Bertz CT molecular complexity index is 977. The van der Waals surface area contributed by atoms with Crippen molar-refractivity contribution in [1.29, 1.82) is 0 Å². The second-order valence-corrected chi connectivity index (χ2v) is 5.14. The van der Waals surface area contributed by atoms with Crippen LogP contribution in [0.1, 0.15) is 19.4 Å². The van der Waals surface area contributed by atoms with Gasteiger partial charge in [0.25, 0.3) is 0 Å². The van der Waals surface area contributed by atoms with Crippen LogP contribution in [0.15, 0.2) is 29.3 Å². The largest absolute Gasteiger partial charge is 0.369 e. The van der Waals surface area contributed by atoms with Gasteiger partial charge >= 0.3 is 0 Å². The smallest absolute Gasteiger partial charge is 0.198 e. The molecule has 3 aromatic rings. The highest BCUT2D eigenvalue weighted by molar-refractivity contribution is 6.31. The van der Waals surface area contributed by atoms with Gasteiger partial charge in [-0.25, -0.2) is 23.1 Å². The lowest BCUT2D eigenvalue weighted by Gasteiger charge is -2.08. The van der Waals surface area contributed by atoms with E-state index in [4.69, 9.17) is 17.3 Å². The van der Waals surface area contributed by atoms with Gasteiger partial charge in [-0.1, -0.05) is 25.4 Å². The molecule has 152 valence electrons. The molecule has 1 aromatic heterocycles. The first-order chi connectivity index (χ1) is 13.4. The number of amidine groups is 1. The van der Waals surface area contributed by atoms with Crippen LogP contribution in [0.2, 0.25) is 5.02 Å². The van der Waals surface area contributed by atoms with Crippen LogP contribution in [-0.4, -0.2) is 28.1 Å². The normalized spacial score (nSPS) is 10.7. The second kappa shape index (κ2) is 10.5. The molecule has 0 aliphatic rings. The van der Waals surface area contributed by atoms with Crippen LogP contribution in [0.25, 0.3) is 11.0 Å². The Morgan fingerprint density at radius 1 is 1.18 bits per heavy atom. The van der Waals surface area contributed by atoms with Gasteiger partial charge in [0.1, 0.15) is 11.3 Å². The summed E-state index contributed by atoms with van der Waals surface area (Å²) in [4.78, 5) is 10.2. The lowest BCUT2D eigenvalue weighted by atomic mass is 10.1. The van der Waals surface area contributed by atoms with E-state index in [9.17, 15) is 18.4 Å². The van der Waals surface area contributed by atoms with Gasteiger partial charge in [0.15, 0.2) is 23.4 Å². The lowest BCUT2D eigenvalue weighted by Crippen LogP contribution is -2.21. The minimum absolute atomic E-state index is 0.0277. The molecular formula is C17H20ClF3N6O. The predicted molar refractivity (Wildman–Crippen MR) is 104 cm³/mol. The Hall–Kier alpha value is -2.82. The van der Waals surface area contributed by atoms with Crippen molar-refractivity contribution < 1.29 is 18.4 Å². The molecule has 0 saturated carbocycles. The van der Waals surface area contributed by atoms with Crippen molar-refractivity contribution >= 4 is 40.1 Å². The maximum absolute atomic E-state index is 13.8. The number of benzene rings is 2. The van der Waals surface area contributed by atoms with E-state index in [1.165, 1.54) is 19.2 Å². The third kappa shape index (κ3) is 4.91. The van der Waals surface area contributed by atoms with E-state index in [1.807, 2.05) is 13.8 Å². The van der Waals surface area contributed by atoms with Crippen molar-refractivity contribution in [2.75, 3.05) is 12.8 Å². The van der Waals surface area contributed by atoms with Gasteiger partial charge in [-0.2, -0.15) is 0 Å². The molecule has 0 amide bonds. The topological polar surface area (TPSA) is 125 Å². The third-order valence-electron chi connectivity index (χ3n) is 3.19. The Balaban J connectivity index is 0.000000921. The summed E-state index contributed by atoms with van der Waals surface area (Å²) < 4.78 is 40.7. The van der Waals surface area contributed by atoms with E-state index in [0.717, 1.165) is 12.1 Å². The molecule has 2 aromatic carbocycles. The van der Waals surface area contributed by atoms with Crippen LogP contribution in [0.5, 0.6) is 0 Å². The van der Waals surface area contributed by atoms with E-state index in [1.54, 1.807) is 5.48 Å². The summed E-state index contributed by atoms with van der Waals surface area (Å²) in [5.74, 6) is -3.43. The molecule has 0 saturated heterocycles. The number of halogens is 4. The van der Waals surface area contributed by atoms with Gasteiger partial charge in [0.05, 0.1) is 16.2 Å². The van der Waals surface area contributed by atoms with Crippen LogP contribution in [0.4, 0.5) is 24.8 Å². The average molecular weight is 417 g/mol. The van der Waals surface area contributed by atoms with Gasteiger partial charge in [-0.3, -0.25) is 10.7 Å². The van der Waals surface area contributed by atoms with Gasteiger partial charge in [-0.05, 0) is 31.3 Å². The van der Waals surface area contributed by atoms with E-state index in [-0.39, 0.29) is 39.1 Å². The number of hydroxylamine groups is 1. The number of H-pyrrole nitrogens is 1. The molecule has 3 rings (SSSR count). The van der Waals surface area contributed by atoms with Crippen molar-refractivity contribution in [2.24, 2.45) is 10.7 Å². The highest BCUT2D eigenvalue weighted by atomic mass is 35.5. The van der Waals surface area contributed by atoms with E-state index in [2.05, 4.69) is 20.7 Å². The highest BCUT2D eigenvalue weighted by Gasteiger charge is 2.19. The molecule has 7 N–H and O–H groups in total. The number of anilines is 1. The van der Waals surface area contributed by atoms with Gasteiger partial charge in [0, 0.05) is 5.56 Å². The number of aromatic nitrogens is 2. The van der Waals surface area contributed by atoms with Crippen LogP contribution < -0.4 is 16.9 Å². The molecule has 7 nitrogen and oxygen atoms in total. The molecule has 0 unspecified atom stereocenters. The Morgan fingerprint density at radius 3 is 2.39 bits per heavy atom. The first kappa shape index (κ1) is 23.2. The first-order valence-electron chi connectivity index (χ1n) is 8.06. The maximum atomic E-state index is 13.8. The summed E-state index contributed by atoms with van der Waals surface area (Å²) in [7, 11) is 1.50. The van der Waals surface area contributed by atoms with Crippen molar-refractivity contribution in [3.05, 3.63) is 52.3 Å². The summed E-state index contributed by atoms with van der Waals surface area (Å²) in [6.07, 6.45) is 0.